The first-order valence-corrected chi connectivity index (χ1v) is 4.77. The number of nitrogens with zero attached hydrogens (tertiary/aromatic N) is 1. The number of hydrogen-bond acceptors (Lipinski definition) is 2. The van der Waals surface area contributed by atoms with E-state index in [1.165, 1.54) is 0 Å². The minimum atomic E-state index is 0.721. The van der Waals surface area contributed by atoms with E-state index in [0.717, 1.165) is 31.7 Å². The van der Waals surface area contributed by atoms with Crippen molar-refractivity contribution in [2.24, 2.45) is 11.8 Å². The van der Waals surface area contributed by atoms with Crippen LogP contribution in [-0.2, 0) is 4.74 Å². The maximum atomic E-state index is 5.13. The molecule has 0 saturated heterocycles. The fourth-order valence-electron chi connectivity index (χ4n) is 1.40. The lowest BCUT2D eigenvalue weighted by Gasteiger charge is -2.24. The predicted octanol–water partition coefficient (Wildman–Crippen LogP) is 2.20. The molecule has 0 atom stereocenters. The Kier molecular flexibility index (Phi) is 6.39. The van der Waals surface area contributed by atoms with Gasteiger partial charge in [0.25, 0.3) is 0 Å². The molecule has 74 valence electrons. The molecule has 0 aromatic rings. The van der Waals surface area contributed by atoms with Crippen LogP contribution in [0.15, 0.2) is 0 Å². The smallest absolute Gasteiger partial charge is 0.0986 e. The van der Waals surface area contributed by atoms with Crippen LogP contribution in [0, 0.1) is 11.8 Å². The first-order chi connectivity index (χ1) is 5.56. The molecular weight excluding hydrogens is 150 g/mol. The molecule has 0 unspecified atom stereocenters. The Hall–Kier alpha value is -0.0800. The second-order valence-electron chi connectivity index (χ2n) is 4.24. The normalized spacial score (nSPS) is 12.0. The first-order valence-electron chi connectivity index (χ1n) is 4.77. The molecule has 0 aliphatic rings. The van der Waals surface area contributed by atoms with Crippen LogP contribution in [-0.4, -0.2) is 31.8 Å². The molecule has 0 heterocycles. The van der Waals surface area contributed by atoms with Gasteiger partial charge in [-0.1, -0.05) is 27.7 Å². The summed E-state index contributed by atoms with van der Waals surface area (Å²) in [7, 11) is 1.76. The zero-order valence-corrected chi connectivity index (χ0v) is 9.13. The SMILES string of the molecule is COCN(CC(C)C)CC(C)C. The van der Waals surface area contributed by atoms with Crippen LogP contribution in [0.3, 0.4) is 0 Å². The van der Waals surface area contributed by atoms with Crippen molar-refractivity contribution in [2.75, 3.05) is 26.9 Å². The molecule has 0 aliphatic heterocycles. The molecule has 0 aliphatic carbocycles. The van der Waals surface area contributed by atoms with Gasteiger partial charge in [0, 0.05) is 20.2 Å². The van der Waals surface area contributed by atoms with E-state index >= 15 is 0 Å². The van der Waals surface area contributed by atoms with Gasteiger partial charge in [-0.3, -0.25) is 4.90 Å². The molecule has 0 rings (SSSR count). The average molecular weight is 173 g/mol. The molecule has 0 saturated carbocycles. The summed E-state index contributed by atoms with van der Waals surface area (Å²) in [6.45, 7) is 12.0. The lowest BCUT2D eigenvalue weighted by atomic mass is 10.1. The lowest BCUT2D eigenvalue weighted by Crippen LogP contribution is -2.32. The Labute approximate surface area is 76.9 Å². The lowest BCUT2D eigenvalue weighted by molar-refractivity contribution is 0.0477. The van der Waals surface area contributed by atoms with Crippen LogP contribution < -0.4 is 0 Å². The molecule has 0 bridgehead atoms. The highest BCUT2D eigenvalue weighted by Gasteiger charge is 2.07. The topological polar surface area (TPSA) is 12.5 Å². The van der Waals surface area contributed by atoms with Gasteiger partial charge in [0.2, 0.25) is 0 Å². The van der Waals surface area contributed by atoms with Crippen LogP contribution in [0.25, 0.3) is 0 Å². The third-order valence-electron chi connectivity index (χ3n) is 1.56. The van der Waals surface area contributed by atoms with Gasteiger partial charge in [0.15, 0.2) is 0 Å². The van der Waals surface area contributed by atoms with Gasteiger partial charge < -0.3 is 4.74 Å². The number of ether oxygens (including phenoxy) is 1. The number of hydrogen-bond donors (Lipinski definition) is 0. The highest BCUT2D eigenvalue weighted by molar-refractivity contribution is 4.58. The molecule has 0 spiro atoms. The van der Waals surface area contributed by atoms with Gasteiger partial charge in [0.1, 0.15) is 0 Å². The first kappa shape index (κ1) is 11.9. The standard InChI is InChI=1S/C10H23NO/c1-9(2)6-11(8-12-5)7-10(3)4/h9-10H,6-8H2,1-5H3. The molecule has 0 aromatic carbocycles. The van der Waals surface area contributed by atoms with Gasteiger partial charge in [-0.25, -0.2) is 0 Å². The van der Waals surface area contributed by atoms with Crippen molar-refractivity contribution < 1.29 is 4.74 Å². The molecule has 0 N–H and O–H groups in total. The van der Waals surface area contributed by atoms with E-state index < -0.39 is 0 Å². The molecule has 0 amide bonds. The third kappa shape index (κ3) is 6.62. The van der Waals surface area contributed by atoms with Crippen molar-refractivity contribution in [1.82, 2.24) is 4.90 Å². The minimum absolute atomic E-state index is 0.721. The van der Waals surface area contributed by atoms with Crippen LogP contribution in [0.1, 0.15) is 27.7 Å². The Morgan fingerprint density at radius 2 is 1.42 bits per heavy atom. The van der Waals surface area contributed by atoms with E-state index in [2.05, 4.69) is 32.6 Å². The highest BCUT2D eigenvalue weighted by atomic mass is 16.5. The van der Waals surface area contributed by atoms with Crippen molar-refractivity contribution in [1.29, 1.82) is 0 Å². The van der Waals surface area contributed by atoms with Gasteiger partial charge in [0.05, 0.1) is 6.73 Å². The molecular formula is C10H23NO. The van der Waals surface area contributed by atoms with E-state index in [-0.39, 0.29) is 0 Å². The van der Waals surface area contributed by atoms with Crippen molar-refractivity contribution in [3.63, 3.8) is 0 Å². The zero-order chi connectivity index (χ0) is 9.56. The van der Waals surface area contributed by atoms with Crippen molar-refractivity contribution in [3.8, 4) is 0 Å². The van der Waals surface area contributed by atoms with E-state index in [1.54, 1.807) is 7.11 Å². The molecule has 2 nitrogen and oxygen atoms in total. The minimum Gasteiger partial charge on any atom is -0.369 e. The van der Waals surface area contributed by atoms with Crippen molar-refractivity contribution >= 4 is 0 Å². The third-order valence-corrected chi connectivity index (χ3v) is 1.56. The van der Waals surface area contributed by atoms with Crippen LogP contribution in [0.4, 0.5) is 0 Å². The van der Waals surface area contributed by atoms with E-state index in [9.17, 15) is 0 Å². The van der Waals surface area contributed by atoms with Gasteiger partial charge in [-0.2, -0.15) is 0 Å². The van der Waals surface area contributed by atoms with Gasteiger partial charge in [-0.05, 0) is 11.8 Å². The largest absolute Gasteiger partial charge is 0.369 e. The number of rotatable bonds is 6. The Balaban J connectivity index is 3.69. The Bertz CT molecular complexity index is 92.0. The summed E-state index contributed by atoms with van der Waals surface area (Å²) in [6.07, 6.45) is 0. The van der Waals surface area contributed by atoms with Crippen molar-refractivity contribution in [2.45, 2.75) is 27.7 Å². The monoisotopic (exact) mass is 173 g/mol. The zero-order valence-electron chi connectivity index (χ0n) is 9.13. The molecule has 0 radical (unpaired) electrons. The molecule has 0 fully saturated rings. The van der Waals surface area contributed by atoms with Gasteiger partial charge >= 0.3 is 0 Å². The second-order valence-corrected chi connectivity index (χ2v) is 4.24. The van der Waals surface area contributed by atoms with E-state index in [1.807, 2.05) is 0 Å². The van der Waals surface area contributed by atoms with Gasteiger partial charge in [-0.15, -0.1) is 0 Å². The molecule has 0 aromatic heterocycles. The molecule has 12 heavy (non-hydrogen) atoms. The summed E-state index contributed by atoms with van der Waals surface area (Å²) in [4.78, 5) is 2.36. The number of methoxy groups -OCH3 is 1. The fraction of sp³-hybridized carbons (Fsp3) is 1.00. The highest BCUT2D eigenvalue weighted by Crippen LogP contribution is 2.02. The Morgan fingerprint density at radius 1 is 1.00 bits per heavy atom. The van der Waals surface area contributed by atoms with Crippen LogP contribution >= 0.6 is 0 Å². The average Bonchev–Trinajstić information content (AvgIpc) is 1.84. The van der Waals surface area contributed by atoms with Crippen molar-refractivity contribution in [3.05, 3.63) is 0 Å². The quantitative estimate of drug-likeness (QED) is 0.571. The summed E-state index contributed by atoms with van der Waals surface area (Å²) in [6, 6.07) is 0. The summed E-state index contributed by atoms with van der Waals surface area (Å²) in [5, 5.41) is 0. The Morgan fingerprint density at radius 3 is 1.67 bits per heavy atom. The summed E-state index contributed by atoms with van der Waals surface area (Å²) in [5.41, 5.74) is 0. The van der Waals surface area contributed by atoms with E-state index in [4.69, 9.17) is 4.74 Å². The summed E-state index contributed by atoms with van der Waals surface area (Å²) >= 11 is 0. The maximum absolute atomic E-state index is 5.13. The maximum Gasteiger partial charge on any atom is 0.0986 e. The second kappa shape index (κ2) is 6.44. The van der Waals surface area contributed by atoms with E-state index in [0.29, 0.717) is 0 Å². The summed E-state index contributed by atoms with van der Waals surface area (Å²) in [5.74, 6) is 1.44. The predicted molar refractivity (Wildman–Crippen MR) is 53.1 cm³/mol. The molecule has 2 heteroatoms. The van der Waals surface area contributed by atoms with Crippen LogP contribution in [0.2, 0.25) is 0 Å². The summed E-state index contributed by atoms with van der Waals surface area (Å²) < 4.78 is 5.13. The fourth-order valence-corrected chi connectivity index (χ4v) is 1.40. The van der Waals surface area contributed by atoms with Crippen LogP contribution in [0.5, 0.6) is 0 Å².